The van der Waals surface area contributed by atoms with Crippen LogP contribution in [0.15, 0.2) is 41.4 Å². The van der Waals surface area contributed by atoms with E-state index >= 15 is 0 Å². The van der Waals surface area contributed by atoms with Gasteiger partial charge in [0.05, 0.1) is 22.7 Å². The third-order valence-electron chi connectivity index (χ3n) is 4.86. The number of anilines is 1. The molecule has 0 spiro atoms. The lowest BCUT2D eigenvalue weighted by Crippen LogP contribution is -2.13. The molecule has 0 unspecified atom stereocenters. The van der Waals surface area contributed by atoms with Gasteiger partial charge in [-0.25, -0.2) is 4.98 Å². The minimum Gasteiger partial charge on any atom is -0.367 e. The summed E-state index contributed by atoms with van der Waals surface area (Å²) in [5.41, 5.74) is 10.3. The molecule has 7 nitrogen and oxygen atoms in total. The van der Waals surface area contributed by atoms with E-state index in [2.05, 4.69) is 21.8 Å². The Morgan fingerprint density at radius 3 is 3.00 bits per heavy atom. The van der Waals surface area contributed by atoms with E-state index in [-0.39, 0.29) is 5.91 Å². The Morgan fingerprint density at radius 2 is 2.25 bits per heavy atom. The first-order valence-corrected chi connectivity index (χ1v) is 10.3. The fraction of sp³-hybridized carbons (Fsp3) is 0.250. The first-order chi connectivity index (χ1) is 13.7. The lowest BCUT2D eigenvalue weighted by molar-refractivity contribution is -0.116. The average molecular weight is 392 g/mol. The van der Waals surface area contributed by atoms with Gasteiger partial charge in [0.15, 0.2) is 5.65 Å². The average Bonchev–Trinajstić information content (AvgIpc) is 3.31. The number of benzene rings is 1. The molecule has 1 aliphatic heterocycles. The molecule has 1 saturated carbocycles. The molecule has 0 radical (unpaired) electrons. The summed E-state index contributed by atoms with van der Waals surface area (Å²) >= 11 is 1.49. The number of nitrogens with zero attached hydrogens (tertiary/aromatic N) is 3. The van der Waals surface area contributed by atoms with Crippen molar-refractivity contribution in [1.29, 1.82) is 0 Å². The Kier molecular flexibility index (Phi) is 4.29. The van der Waals surface area contributed by atoms with Crippen LogP contribution in [0.1, 0.15) is 24.0 Å². The molecule has 5 rings (SSSR count). The van der Waals surface area contributed by atoms with Crippen molar-refractivity contribution >= 4 is 35.2 Å². The largest absolute Gasteiger partial charge is 0.367 e. The Labute approximate surface area is 166 Å². The van der Waals surface area contributed by atoms with E-state index < -0.39 is 0 Å². The molecule has 2 fully saturated rings. The normalized spacial score (nSPS) is 18.0. The first-order valence-electron chi connectivity index (χ1n) is 9.28. The van der Waals surface area contributed by atoms with Gasteiger partial charge in [-0.3, -0.25) is 4.79 Å². The van der Waals surface area contributed by atoms with E-state index in [1.54, 1.807) is 6.20 Å². The fourth-order valence-electron chi connectivity index (χ4n) is 3.21. The van der Waals surface area contributed by atoms with Crippen molar-refractivity contribution in [2.24, 2.45) is 5.73 Å². The summed E-state index contributed by atoms with van der Waals surface area (Å²) in [6.45, 7) is 0.486. The summed E-state index contributed by atoms with van der Waals surface area (Å²) in [6.07, 6.45) is 5.95. The Hall–Kier alpha value is -2.84. The second-order valence-electron chi connectivity index (χ2n) is 6.99. The molecular weight excluding hydrogens is 372 g/mol. The van der Waals surface area contributed by atoms with Crippen LogP contribution in [-0.2, 0) is 11.3 Å². The van der Waals surface area contributed by atoms with Crippen LogP contribution in [-0.4, -0.2) is 32.4 Å². The number of amides is 1. The van der Waals surface area contributed by atoms with Crippen molar-refractivity contribution in [3.05, 3.63) is 52.6 Å². The van der Waals surface area contributed by atoms with E-state index in [1.807, 2.05) is 34.9 Å². The topological polar surface area (TPSA) is 97.3 Å². The van der Waals surface area contributed by atoms with Gasteiger partial charge in [-0.2, -0.15) is 9.61 Å². The highest BCUT2D eigenvalue weighted by Gasteiger charge is 2.24. The highest BCUT2D eigenvalue weighted by Crippen LogP contribution is 2.30. The molecule has 3 aromatic rings. The summed E-state index contributed by atoms with van der Waals surface area (Å²) in [5, 5.41) is 10.9. The number of rotatable bonds is 5. The molecule has 8 heteroatoms. The molecule has 3 heterocycles. The highest BCUT2D eigenvalue weighted by molar-refractivity contribution is 8.04. The van der Waals surface area contributed by atoms with Gasteiger partial charge in [0, 0.05) is 29.8 Å². The monoisotopic (exact) mass is 392 g/mol. The summed E-state index contributed by atoms with van der Waals surface area (Å²) in [4.78, 5) is 17.5. The van der Waals surface area contributed by atoms with Crippen LogP contribution < -0.4 is 16.4 Å². The quantitative estimate of drug-likeness (QED) is 0.578. The van der Waals surface area contributed by atoms with Crippen LogP contribution in [0.4, 0.5) is 5.82 Å². The number of carbonyl (C=O) groups is 1. The minimum absolute atomic E-state index is 0.0486. The standard InChI is InChI=1S/C20H20N6OS/c21-9-12-2-1-3-13(6-12)16-8-18(24-15-4-5-15)26-19(25-16)14(10-23-26)7-17-20(27)22-11-28-17/h1-3,6-8,10,15,24H,4-5,9,11,21H2,(H,22,27)/b17-7-. The second-order valence-corrected chi connectivity index (χ2v) is 8.01. The second kappa shape index (κ2) is 6.96. The first kappa shape index (κ1) is 17.3. The summed E-state index contributed by atoms with van der Waals surface area (Å²) < 4.78 is 1.82. The molecule has 0 atom stereocenters. The number of nitrogens with two attached hydrogens (primary N) is 1. The van der Waals surface area contributed by atoms with E-state index in [9.17, 15) is 4.79 Å². The van der Waals surface area contributed by atoms with Gasteiger partial charge in [0.25, 0.3) is 5.91 Å². The van der Waals surface area contributed by atoms with E-state index in [0.29, 0.717) is 23.4 Å². The van der Waals surface area contributed by atoms with Crippen molar-refractivity contribution < 1.29 is 4.79 Å². The van der Waals surface area contributed by atoms with Gasteiger partial charge in [-0.15, -0.1) is 0 Å². The Balaban J connectivity index is 1.65. The van der Waals surface area contributed by atoms with Gasteiger partial charge in [-0.05, 0) is 30.5 Å². The van der Waals surface area contributed by atoms with Crippen molar-refractivity contribution in [3.8, 4) is 11.3 Å². The van der Waals surface area contributed by atoms with Crippen molar-refractivity contribution in [2.45, 2.75) is 25.4 Å². The van der Waals surface area contributed by atoms with E-state index in [4.69, 9.17) is 10.7 Å². The number of nitrogens with one attached hydrogen (secondary N) is 2. The minimum atomic E-state index is -0.0486. The number of hydrogen-bond donors (Lipinski definition) is 3. The van der Waals surface area contributed by atoms with Gasteiger partial charge in [0.2, 0.25) is 0 Å². The Morgan fingerprint density at radius 1 is 1.36 bits per heavy atom. The molecule has 1 aromatic carbocycles. The predicted molar refractivity (Wildman–Crippen MR) is 112 cm³/mol. The molecule has 4 N–H and O–H groups in total. The molecule has 1 amide bonds. The van der Waals surface area contributed by atoms with Crippen LogP contribution in [0.3, 0.4) is 0 Å². The molecule has 28 heavy (non-hydrogen) atoms. The molecule has 1 saturated heterocycles. The molecule has 2 aromatic heterocycles. The van der Waals surface area contributed by atoms with Crippen LogP contribution in [0.5, 0.6) is 0 Å². The predicted octanol–water partition coefficient (Wildman–Crippen LogP) is 2.59. The van der Waals surface area contributed by atoms with Crippen LogP contribution in [0.25, 0.3) is 23.0 Å². The number of hydrogen-bond acceptors (Lipinski definition) is 6. The van der Waals surface area contributed by atoms with Crippen LogP contribution in [0, 0.1) is 0 Å². The molecule has 0 bridgehead atoms. The van der Waals surface area contributed by atoms with Crippen molar-refractivity contribution in [1.82, 2.24) is 19.9 Å². The smallest absolute Gasteiger partial charge is 0.258 e. The maximum atomic E-state index is 11.9. The van der Waals surface area contributed by atoms with E-state index in [1.165, 1.54) is 11.8 Å². The van der Waals surface area contributed by atoms with Gasteiger partial charge in [0.1, 0.15) is 5.82 Å². The SMILES string of the molecule is NCc1cccc(-c2cc(NC3CC3)n3ncc(/C=C4\SCNC4=O)c3n2)c1. The van der Waals surface area contributed by atoms with Gasteiger partial charge >= 0.3 is 0 Å². The number of carbonyl (C=O) groups excluding carboxylic acids is 1. The summed E-state index contributed by atoms with van der Waals surface area (Å²) in [7, 11) is 0. The fourth-order valence-corrected chi connectivity index (χ4v) is 3.98. The van der Waals surface area contributed by atoms with Crippen molar-refractivity contribution in [3.63, 3.8) is 0 Å². The van der Waals surface area contributed by atoms with Crippen molar-refractivity contribution in [2.75, 3.05) is 11.2 Å². The third kappa shape index (κ3) is 3.25. The number of aromatic nitrogens is 3. The summed E-state index contributed by atoms with van der Waals surface area (Å²) in [5.74, 6) is 1.46. The molecular formula is C20H20N6OS. The lowest BCUT2D eigenvalue weighted by Gasteiger charge is -2.11. The van der Waals surface area contributed by atoms with Gasteiger partial charge in [-0.1, -0.05) is 30.0 Å². The molecule has 1 aliphatic carbocycles. The maximum Gasteiger partial charge on any atom is 0.258 e. The zero-order valence-corrected chi connectivity index (χ0v) is 16.0. The molecule has 2 aliphatic rings. The van der Waals surface area contributed by atoms with Gasteiger partial charge < -0.3 is 16.4 Å². The Bertz CT molecular complexity index is 1100. The third-order valence-corrected chi connectivity index (χ3v) is 5.76. The zero-order valence-electron chi connectivity index (χ0n) is 15.2. The zero-order chi connectivity index (χ0) is 19.1. The molecule has 142 valence electrons. The highest BCUT2D eigenvalue weighted by atomic mass is 32.2. The maximum absolute atomic E-state index is 11.9. The summed E-state index contributed by atoms with van der Waals surface area (Å²) in [6, 6.07) is 10.6. The van der Waals surface area contributed by atoms with E-state index in [0.717, 1.165) is 46.7 Å². The van der Waals surface area contributed by atoms with Crippen LogP contribution >= 0.6 is 11.8 Å². The van der Waals surface area contributed by atoms with Crippen LogP contribution in [0.2, 0.25) is 0 Å². The number of thioether (sulfide) groups is 1. The number of fused-ring (bicyclic) bond motifs is 1. The lowest BCUT2D eigenvalue weighted by atomic mass is 10.1.